The fourth-order valence-electron chi connectivity index (χ4n) is 3.03. The molecule has 0 bridgehead atoms. The molecule has 0 fully saturated rings. The Hall–Kier alpha value is -2.94. The van der Waals surface area contributed by atoms with Crippen molar-refractivity contribution in [1.29, 1.82) is 0 Å². The van der Waals surface area contributed by atoms with Gasteiger partial charge in [0.25, 0.3) is 5.56 Å². The minimum atomic E-state index is -0.606. The van der Waals surface area contributed by atoms with Gasteiger partial charge in [0.15, 0.2) is 21.7 Å². The van der Waals surface area contributed by atoms with Crippen molar-refractivity contribution in [3.05, 3.63) is 67.0 Å². The number of ether oxygens (including phenoxy) is 1. The molecular formula is C20H21BrN4O4. The summed E-state index contributed by atoms with van der Waals surface area (Å²) < 4.78 is 9.54. The van der Waals surface area contributed by atoms with Crippen molar-refractivity contribution in [2.75, 3.05) is 7.11 Å². The highest BCUT2D eigenvalue weighted by atomic mass is 79.9. The van der Waals surface area contributed by atoms with Gasteiger partial charge in [0.2, 0.25) is 0 Å². The maximum Gasteiger partial charge on any atom is 0.332 e. The summed E-state index contributed by atoms with van der Waals surface area (Å²) in [6.07, 6.45) is 1.95. The maximum atomic E-state index is 13.2. The van der Waals surface area contributed by atoms with Crippen LogP contribution in [0.2, 0.25) is 0 Å². The van der Waals surface area contributed by atoms with E-state index in [0.717, 1.165) is 10.1 Å². The van der Waals surface area contributed by atoms with Crippen molar-refractivity contribution >= 4 is 32.9 Å². The van der Waals surface area contributed by atoms with E-state index in [-0.39, 0.29) is 11.2 Å². The van der Waals surface area contributed by atoms with Gasteiger partial charge in [-0.3, -0.25) is 18.7 Å². The van der Waals surface area contributed by atoms with Crippen LogP contribution in [0, 0.1) is 0 Å². The number of halogens is 1. The summed E-state index contributed by atoms with van der Waals surface area (Å²) >= 11 is 3.36. The molecule has 29 heavy (non-hydrogen) atoms. The largest absolute Gasteiger partial charge is 0.496 e. The third-order valence-corrected chi connectivity index (χ3v) is 5.18. The number of hydrogen-bond acceptors (Lipinski definition) is 5. The smallest absolute Gasteiger partial charge is 0.332 e. The predicted molar refractivity (Wildman–Crippen MR) is 114 cm³/mol. The molecule has 1 aromatic carbocycles. The SMILES string of the molecule is COc1ccccc1C(=O)Cn1c(=O)c2c(nc(Br)n2CC=C(C)C)n(C)c1=O. The van der Waals surface area contributed by atoms with Gasteiger partial charge in [-0.25, -0.2) is 9.78 Å². The minimum Gasteiger partial charge on any atom is -0.496 e. The maximum absolute atomic E-state index is 13.2. The molecule has 0 spiro atoms. The molecule has 0 radical (unpaired) electrons. The number of imidazole rings is 1. The first-order valence-electron chi connectivity index (χ1n) is 8.91. The number of hydrogen-bond donors (Lipinski definition) is 0. The van der Waals surface area contributed by atoms with E-state index >= 15 is 0 Å². The highest BCUT2D eigenvalue weighted by Crippen LogP contribution is 2.19. The van der Waals surface area contributed by atoms with E-state index in [0.29, 0.717) is 22.6 Å². The number of fused-ring (bicyclic) bond motifs is 1. The molecule has 0 atom stereocenters. The number of carbonyl (C=O) groups excluding carboxylic acids is 1. The van der Waals surface area contributed by atoms with E-state index in [4.69, 9.17) is 4.74 Å². The van der Waals surface area contributed by atoms with Crippen LogP contribution in [0.4, 0.5) is 0 Å². The third-order valence-electron chi connectivity index (χ3n) is 4.58. The number of aromatic nitrogens is 4. The summed E-state index contributed by atoms with van der Waals surface area (Å²) in [5, 5.41) is 0. The minimum absolute atomic E-state index is 0.254. The van der Waals surface area contributed by atoms with Crippen LogP contribution in [0.5, 0.6) is 5.75 Å². The molecule has 0 saturated carbocycles. The van der Waals surface area contributed by atoms with Crippen molar-refractivity contribution in [2.45, 2.75) is 26.9 Å². The standard InChI is InChI=1S/C20H21BrN4O4/c1-12(2)9-10-24-16-17(22-19(24)21)23(3)20(28)25(18(16)27)11-14(26)13-7-5-6-8-15(13)29-4/h5-9H,10-11H2,1-4H3. The van der Waals surface area contributed by atoms with Crippen LogP contribution < -0.4 is 16.0 Å². The third kappa shape index (κ3) is 3.82. The fraction of sp³-hybridized carbons (Fsp3) is 0.300. The second-order valence-electron chi connectivity index (χ2n) is 6.80. The molecule has 0 N–H and O–H groups in total. The molecule has 0 aliphatic carbocycles. The number of methoxy groups -OCH3 is 1. The molecule has 8 nitrogen and oxygen atoms in total. The van der Waals surface area contributed by atoms with Crippen LogP contribution in [-0.2, 0) is 20.1 Å². The second-order valence-corrected chi connectivity index (χ2v) is 7.51. The number of nitrogens with zero attached hydrogens (tertiary/aromatic N) is 4. The molecule has 2 aromatic heterocycles. The summed E-state index contributed by atoms with van der Waals surface area (Å²) in [7, 11) is 2.99. The Labute approximate surface area is 175 Å². The van der Waals surface area contributed by atoms with E-state index in [2.05, 4.69) is 20.9 Å². The molecule has 0 unspecified atom stereocenters. The van der Waals surface area contributed by atoms with Gasteiger partial charge >= 0.3 is 5.69 Å². The lowest BCUT2D eigenvalue weighted by Gasteiger charge is -2.11. The number of rotatable bonds is 6. The molecule has 2 heterocycles. The molecule has 0 amide bonds. The zero-order valence-corrected chi connectivity index (χ0v) is 18.2. The lowest BCUT2D eigenvalue weighted by atomic mass is 10.1. The number of benzene rings is 1. The van der Waals surface area contributed by atoms with E-state index in [9.17, 15) is 14.4 Å². The van der Waals surface area contributed by atoms with E-state index < -0.39 is 23.6 Å². The van der Waals surface area contributed by atoms with Crippen LogP contribution in [0.1, 0.15) is 24.2 Å². The first-order chi connectivity index (χ1) is 13.8. The number of allylic oxidation sites excluding steroid dienone is 2. The number of ketones is 1. The average Bonchev–Trinajstić information content (AvgIpc) is 3.04. The Kier molecular flexibility index (Phi) is 5.88. The van der Waals surface area contributed by atoms with Crippen molar-refractivity contribution in [2.24, 2.45) is 7.05 Å². The monoisotopic (exact) mass is 460 g/mol. The van der Waals surface area contributed by atoms with Gasteiger partial charge < -0.3 is 9.30 Å². The van der Waals surface area contributed by atoms with Gasteiger partial charge in [0.05, 0.1) is 19.2 Å². The van der Waals surface area contributed by atoms with E-state index in [1.807, 2.05) is 19.9 Å². The quantitative estimate of drug-likeness (QED) is 0.320. The Bertz CT molecular complexity index is 1250. The summed E-state index contributed by atoms with van der Waals surface area (Å²) in [5.41, 5.74) is 0.731. The van der Waals surface area contributed by atoms with Gasteiger partial charge in [0, 0.05) is 13.6 Å². The van der Waals surface area contributed by atoms with E-state index in [1.54, 1.807) is 28.8 Å². The van der Waals surface area contributed by atoms with Gasteiger partial charge in [-0.05, 0) is 41.9 Å². The Morgan fingerprint density at radius 1 is 1.21 bits per heavy atom. The lowest BCUT2D eigenvalue weighted by molar-refractivity contribution is 0.0966. The topological polar surface area (TPSA) is 88.1 Å². The van der Waals surface area contributed by atoms with Crippen molar-refractivity contribution in [1.82, 2.24) is 18.7 Å². The number of para-hydroxylation sites is 1. The zero-order chi connectivity index (χ0) is 21.3. The molecule has 9 heteroatoms. The van der Waals surface area contributed by atoms with Gasteiger partial charge in [-0.1, -0.05) is 23.8 Å². The molecule has 0 saturated heterocycles. The Morgan fingerprint density at radius 3 is 2.55 bits per heavy atom. The molecule has 0 aliphatic rings. The van der Waals surface area contributed by atoms with E-state index in [1.165, 1.54) is 18.7 Å². The number of Topliss-reactive ketones (excluding diaryl/α,β-unsaturated/α-hetero) is 1. The van der Waals surface area contributed by atoms with Crippen LogP contribution in [0.3, 0.4) is 0 Å². The fourth-order valence-corrected chi connectivity index (χ4v) is 3.52. The van der Waals surface area contributed by atoms with Gasteiger partial charge in [-0.2, -0.15) is 0 Å². The van der Waals surface area contributed by atoms with Crippen molar-refractivity contribution < 1.29 is 9.53 Å². The highest BCUT2D eigenvalue weighted by Gasteiger charge is 2.21. The lowest BCUT2D eigenvalue weighted by Crippen LogP contribution is -2.41. The Balaban J connectivity index is 2.17. The second kappa shape index (κ2) is 8.20. The summed E-state index contributed by atoms with van der Waals surface area (Å²) in [6, 6.07) is 6.70. The predicted octanol–water partition coefficient (Wildman–Crippen LogP) is 2.52. The normalized spacial score (nSPS) is 10.9. The molecule has 0 aliphatic heterocycles. The van der Waals surface area contributed by atoms with Crippen LogP contribution in [-0.4, -0.2) is 31.6 Å². The first-order valence-corrected chi connectivity index (χ1v) is 9.70. The summed E-state index contributed by atoms with van der Waals surface area (Å²) in [6.45, 7) is 3.92. The van der Waals surface area contributed by atoms with Crippen molar-refractivity contribution in [3.8, 4) is 5.75 Å². The Morgan fingerprint density at radius 2 is 1.90 bits per heavy atom. The molecule has 3 rings (SSSR count). The van der Waals surface area contributed by atoms with Crippen LogP contribution >= 0.6 is 15.9 Å². The number of aryl methyl sites for hydroxylation is 1. The molecule has 3 aromatic rings. The van der Waals surface area contributed by atoms with Crippen molar-refractivity contribution in [3.63, 3.8) is 0 Å². The highest BCUT2D eigenvalue weighted by molar-refractivity contribution is 9.10. The van der Waals surface area contributed by atoms with Gasteiger partial charge in [-0.15, -0.1) is 0 Å². The van der Waals surface area contributed by atoms with Gasteiger partial charge in [0.1, 0.15) is 5.75 Å². The zero-order valence-electron chi connectivity index (χ0n) is 16.6. The van der Waals surface area contributed by atoms with Crippen LogP contribution in [0.15, 0.2) is 50.2 Å². The first kappa shape index (κ1) is 20.8. The summed E-state index contributed by atoms with van der Waals surface area (Å²) in [5.74, 6) is -0.00442. The molecule has 152 valence electrons. The van der Waals surface area contributed by atoms with Crippen LogP contribution in [0.25, 0.3) is 11.2 Å². The molecular weight excluding hydrogens is 440 g/mol. The summed E-state index contributed by atoms with van der Waals surface area (Å²) in [4.78, 5) is 43.1. The average molecular weight is 461 g/mol. The number of carbonyl (C=O) groups is 1.